The van der Waals surface area contributed by atoms with Crippen LogP contribution in [0, 0.1) is 0 Å². The monoisotopic (exact) mass is 347 g/mol. The van der Waals surface area contributed by atoms with E-state index in [9.17, 15) is 0 Å². The number of ether oxygens (including phenoxy) is 2. The van der Waals surface area contributed by atoms with Crippen LogP contribution >= 0.6 is 0 Å². The first-order valence-corrected chi connectivity index (χ1v) is 7.99. The zero-order chi connectivity index (χ0) is 18.1. The number of nitrogens with two attached hydrogens (primary N) is 1. The van der Waals surface area contributed by atoms with Gasteiger partial charge in [-0.2, -0.15) is 10.1 Å². The zero-order valence-corrected chi connectivity index (χ0v) is 14.4. The molecule has 0 fully saturated rings. The Labute approximate surface area is 150 Å². The molecule has 0 aliphatic heterocycles. The van der Waals surface area contributed by atoms with Crippen molar-refractivity contribution in [2.24, 2.45) is 0 Å². The van der Waals surface area contributed by atoms with Crippen LogP contribution in [0.15, 0.2) is 54.7 Å². The largest absolute Gasteiger partial charge is 0.497 e. The van der Waals surface area contributed by atoms with Crippen LogP contribution in [0.2, 0.25) is 0 Å². The molecule has 2 aromatic heterocycles. The third kappa shape index (κ3) is 2.69. The van der Waals surface area contributed by atoms with E-state index in [1.165, 1.54) is 0 Å². The molecule has 0 saturated carbocycles. The van der Waals surface area contributed by atoms with Gasteiger partial charge in [0.25, 0.3) is 0 Å². The fraction of sp³-hybridized carbons (Fsp3) is 0.105. The Morgan fingerprint density at radius 2 is 1.50 bits per heavy atom. The van der Waals surface area contributed by atoms with Crippen LogP contribution in [-0.2, 0) is 0 Å². The lowest BCUT2D eigenvalue weighted by Crippen LogP contribution is -2.00. The Kier molecular flexibility index (Phi) is 3.89. The number of rotatable bonds is 4. The van der Waals surface area contributed by atoms with E-state index >= 15 is 0 Å². The van der Waals surface area contributed by atoms with Crippen molar-refractivity contribution in [1.29, 1.82) is 0 Å². The molecule has 26 heavy (non-hydrogen) atoms. The fourth-order valence-electron chi connectivity index (χ4n) is 2.78. The molecule has 0 bridgehead atoms. The summed E-state index contributed by atoms with van der Waals surface area (Å²) in [5.74, 6) is 1.76. The highest BCUT2D eigenvalue weighted by atomic mass is 16.5. The molecule has 2 N–H and O–H groups in total. The van der Waals surface area contributed by atoms with Gasteiger partial charge in [0.1, 0.15) is 17.2 Å². The third-order valence-electron chi connectivity index (χ3n) is 4.12. The van der Waals surface area contributed by atoms with E-state index in [4.69, 9.17) is 20.3 Å². The lowest BCUT2D eigenvalue weighted by molar-refractivity contribution is 0.414. The molecule has 7 nitrogen and oxygen atoms in total. The predicted octanol–water partition coefficient (Wildman–Crippen LogP) is 3.08. The minimum atomic E-state index is 0.202. The maximum absolute atomic E-state index is 5.80. The average Bonchev–Trinajstić information content (AvgIpc) is 3.06. The highest BCUT2D eigenvalue weighted by Gasteiger charge is 2.16. The van der Waals surface area contributed by atoms with Gasteiger partial charge in [-0.1, -0.05) is 0 Å². The first-order chi connectivity index (χ1) is 12.7. The molecule has 0 aliphatic carbocycles. The van der Waals surface area contributed by atoms with E-state index in [0.29, 0.717) is 5.65 Å². The first-order valence-electron chi connectivity index (χ1n) is 7.99. The second-order valence-electron chi connectivity index (χ2n) is 5.65. The van der Waals surface area contributed by atoms with Gasteiger partial charge >= 0.3 is 0 Å². The smallest absolute Gasteiger partial charge is 0.222 e. The number of aromatic nitrogens is 4. The molecule has 0 aliphatic rings. The summed E-state index contributed by atoms with van der Waals surface area (Å²) in [7, 11) is 3.27. The molecule has 4 aromatic rings. The molecule has 4 rings (SSSR count). The van der Waals surface area contributed by atoms with Gasteiger partial charge in [-0.15, -0.1) is 0 Å². The molecule has 130 valence electrons. The lowest BCUT2D eigenvalue weighted by atomic mass is 10.1. The number of benzene rings is 2. The number of anilines is 1. The van der Waals surface area contributed by atoms with E-state index in [2.05, 4.69) is 9.97 Å². The van der Waals surface area contributed by atoms with Crippen LogP contribution in [0.25, 0.3) is 28.0 Å². The van der Waals surface area contributed by atoms with Gasteiger partial charge < -0.3 is 15.2 Å². The van der Waals surface area contributed by atoms with Crippen LogP contribution in [0.1, 0.15) is 0 Å². The van der Waals surface area contributed by atoms with Crippen molar-refractivity contribution in [2.75, 3.05) is 20.0 Å². The van der Waals surface area contributed by atoms with Gasteiger partial charge in [-0.25, -0.2) is 9.67 Å². The zero-order valence-electron chi connectivity index (χ0n) is 14.4. The van der Waals surface area contributed by atoms with Crippen molar-refractivity contribution in [2.45, 2.75) is 0 Å². The summed E-state index contributed by atoms with van der Waals surface area (Å²) in [6.45, 7) is 0. The number of hydrogen-bond acceptors (Lipinski definition) is 6. The first kappa shape index (κ1) is 15.9. The summed E-state index contributed by atoms with van der Waals surface area (Å²) >= 11 is 0. The molecule has 0 atom stereocenters. The minimum Gasteiger partial charge on any atom is -0.497 e. The van der Waals surface area contributed by atoms with Gasteiger partial charge in [0.2, 0.25) is 5.95 Å². The van der Waals surface area contributed by atoms with Crippen molar-refractivity contribution in [3.8, 4) is 28.4 Å². The summed E-state index contributed by atoms with van der Waals surface area (Å²) in [4.78, 5) is 8.52. The van der Waals surface area contributed by atoms with Gasteiger partial charge in [0.05, 0.1) is 25.3 Å². The molecule has 2 aromatic carbocycles. The third-order valence-corrected chi connectivity index (χ3v) is 4.12. The van der Waals surface area contributed by atoms with Crippen molar-refractivity contribution < 1.29 is 9.47 Å². The Bertz CT molecular complexity index is 1060. The average molecular weight is 347 g/mol. The molecule has 0 amide bonds. The summed E-state index contributed by atoms with van der Waals surface area (Å²) in [5.41, 5.74) is 9.02. The van der Waals surface area contributed by atoms with Crippen LogP contribution < -0.4 is 15.2 Å². The fourth-order valence-corrected chi connectivity index (χ4v) is 2.78. The number of nitrogen functional groups attached to an aromatic ring is 1. The molecule has 2 heterocycles. The van der Waals surface area contributed by atoms with Crippen molar-refractivity contribution >= 4 is 17.0 Å². The van der Waals surface area contributed by atoms with Crippen LogP contribution in [0.3, 0.4) is 0 Å². The molecule has 0 unspecified atom stereocenters. The van der Waals surface area contributed by atoms with Crippen molar-refractivity contribution in [1.82, 2.24) is 19.7 Å². The molecule has 0 spiro atoms. The van der Waals surface area contributed by atoms with Crippen LogP contribution in [-0.4, -0.2) is 34.0 Å². The standard InChI is InChI=1S/C19H17N5O2/c1-25-14-7-3-12(4-8-14)17-16-11-21-19(20)22-18(16)24(23-17)13-5-9-15(26-2)10-6-13/h3-11H,1-2H3,(H2,20,21,22). The van der Waals surface area contributed by atoms with Crippen LogP contribution in [0.5, 0.6) is 11.5 Å². The van der Waals surface area contributed by atoms with E-state index in [1.54, 1.807) is 25.1 Å². The molecule has 0 saturated heterocycles. The second kappa shape index (κ2) is 6.36. The van der Waals surface area contributed by atoms with Gasteiger partial charge in [-0.3, -0.25) is 0 Å². The molecule has 7 heteroatoms. The highest BCUT2D eigenvalue weighted by molar-refractivity contribution is 5.92. The topological polar surface area (TPSA) is 88.1 Å². The highest BCUT2D eigenvalue weighted by Crippen LogP contribution is 2.30. The minimum absolute atomic E-state index is 0.202. The van der Waals surface area contributed by atoms with E-state index < -0.39 is 0 Å². The van der Waals surface area contributed by atoms with E-state index in [-0.39, 0.29) is 5.95 Å². The lowest BCUT2D eigenvalue weighted by Gasteiger charge is -2.04. The number of hydrogen-bond donors (Lipinski definition) is 1. The Balaban J connectivity index is 1.91. The number of fused-ring (bicyclic) bond motifs is 1. The molecular weight excluding hydrogens is 330 g/mol. The quantitative estimate of drug-likeness (QED) is 0.610. The van der Waals surface area contributed by atoms with E-state index in [0.717, 1.165) is 33.8 Å². The normalized spacial score (nSPS) is 10.8. The second-order valence-corrected chi connectivity index (χ2v) is 5.65. The Morgan fingerprint density at radius 1 is 0.885 bits per heavy atom. The summed E-state index contributed by atoms with van der Waals surface area (Å²) in [6.07, 6.45) is 1.70. The maximum atomic E-state index is 5.80. The van der Waals surface area contributed by atoms with Crippen molar-refractivity contribution in [3.63, 3.8) is 0 Å². The molecular formula is C19H17N5O2. The summed E-state index contributed by atoms with van der Waals surface area (Å²) in [6, 6.07) is 15.3. The van der Waals surface area contributed by atoms with Gasteiger partial charge in [0, 0.05) is 11.8 Å². The van der Waals surface area contributed by atoms with Crippen LogP contribution in [0.4, 0.5) is 5.95 Å². The SMILES string of the molecule is COc1ccc(-c2nn(-c3ccc(OC)cc3)c3nc(N)ncc23)cc1. The molecule has 0 radical (unpaired) electrons. The predicted molar refractivity (Wildman–Crippen MR) is 99.6 cm³/mol. The summed E-state index contributed by atoms with van der Waals surface area (Å²) < 4.78 is 12.2. The van der Waals surface area contributed by atoms with Gasteiger partial charge in [0.15, 0.2) is 5.65 Å². The van der Waals surface area contributed by atoms with Gasteiger partial charge in [-0.05, 0) is 48.5 Å². The summed E-state index contributed by atoms with van der Waals surface area (Å²) in [5, 5.41) is 5.58. The Hall–Kier alpha value is -3.61. The number of methoxy groups -OCH3 is 2. The Morgan fingerprint density at radius 3 is 2.12 bits per heavy atom. The maximum Gasteiger partial charge on any atom is 0.222 e. The van der Waals surface area contributed by atoms with Crippen molar-refractivity contribution in [3.05, 3.63) is 54.7 Å². The number of nitrogens with zero attached hydrogens (tertiary/aromatic N) is 4. The van der Waals surface area contributed by atoms with E-state index in [1.807, 2.05) is 48.5 Å².